The smallest absolute Gasteiger partial charge is 0.310 e. The van der Waals surface area contributed by atoms with Crippen LogP contribution in [0.5, 0.6) is 0 Å². The van der Waals surface area contributed by atoms with Gasteiger partial charge in [0.1, 0.15) is 5.82 Å². The maximum Gasteiger partial charge on any atom is 0.417 e. The quantitative estimate of drug-likeness (QED) is 0.487. The Morgan fingerprint density at radius 2 is 1.75 bits per heavy atom. The number of anilines is 1. The number of amides is 1. The predicted molar refractivity (Wildman–Crippen MR) is 112 cm³/mol. The normalized spacial score (nSPS) is 11.2. The summed E-state index contributed by atoms with van der Waals surface area (Å²) in [5.41, 5.74) is 1.17. The minimum Gasteiger partial charge on any atom is -0.310 e. The van der Waals surface area contributed by atoms with E-state index in [9.17, 15) is 18.0 Å². The first-order chi connectivity index (χ1) is 15.4. The Labute approximate surface area is 181 Å². The number of pyridine rings is 2. The zero-order chi connectivity index (χ0) is 22.6. The molecule has 1 aromatic carbocycles. The van der Waals surface area contributed by atoms with Crippen molar-refractivity contribution >= 4 is 11.7 Å². The Balaban J connectivity index is 1.50. The summed E-state index contributed by atoms with van der Waals surface area (Å²) >= 11 is 0. The monoisotopic (exact) mass is 435 g/mol. The van der Waals surface area contributed by atoms with Crippen molar-refractivity contribution in [3.05, 3.63) is 90.5 Å². The molecular weight excluding hydrogens is 419 g/mol. The second-order valence-electron chi connectivity index (χ2n) is 6.88. The standard InChI is InChI=1S/C23H16F3N5O/c24-23(25,26)19-11-15(4-6-18(19)16-8-10-29-30-14-16)12-22(32)31-21-7-5-17(13-28-21)20-3-1-2-9-27-20/h1-11,13-14H,12H2,(H,28,31,32). The minimum absolute atomic E-state index is 0.0247. The summed E-state index contributed by atoms with van der Waals surface area (Å²) in [4.78, 5) is 20.8. The van der Waals surface area contributed by atoms with Gasteiger partial charge in [0.05, 0.1) is 30.1 Å². The van der Waals surface area contributed by atoms with E-state index in [1.54, 1.807) is 30.6 Å². The highest BCUT2D eigenvalue weighted by Crippen LogP contribution is 2.37. The average Bonchev–Trinajstić information content (AvgIpc) is 2.80. The molecule has 0 aliphatic carbocycles. The minimum atomic E-state index is -4.59. The van der Waals surface area contributed by atoms with Crippen molar-refractivity contribution in [3.63, 3.8) is 0 Å². The molecule has 4 rings (SSSR count). The summed E-state index contributed by atoms with van der Waals surface area (Å²) in [6.07, 6.45) is 0.990. The number of carbonyl (C=O) groups is 1. The van der Waals surface area contributed by atoms with Gasteiger partial charge in [-0.15, -0.1) is 0 Å². The summed E-state index contributed by atoms with van der Waals surface area (Å²) in [7, 11) is 0. The molecule has 0 spiro atoms. The van der Waals surface area contributed by atoms with E-state index in [-0.39, 0.29) is 17.5 Å². The van der Waals surface area contributed by atoms with Gasteiger partial charge in [0.15, 0.2) is 0 Å². The molecule has 3 aromatic heterocycles. The zero-order valence-corrected chi connectivity index (χ0v) is 16.5. The number of rotatable bonds is 5. The van der Waals surface area contributed by atoms with Crippen LogP contribution in [0.1, 0.15) is 11.1 Å². The van der Waals surface area contributed by atoms with E-state index in [1.165, 1.54) is 30.6 Å². The summed E-state index contributed by atoms with van der Waals surface area (Å²) in [5.74, 6) is -0.181. The number of benzene rings is 1. The van der Waals surface area contributed by atoms with Crippen LogP contribution in [0.15, 0.2) is 79.4 Å². The van der Waals surface area contributed by atoms with Gasteiger partial charge in [-0.05, 0) is 47.5 Å². The van der Waals surface area contributed by atoms with Gasteiger partial charge in [-0.25, -0.2) is 4.98 Å². The highest BCUT2D eigenvalue weighted by molar-refractivity contribution is 5.91. The molecule has 0 atom stereocenters. The van der Waals surface area contributed by atoms with Crippen LogP contribution in [0.25, 0.3) is 22.4 Å². The molecule has 0 fully saturated rings. The molecule has 9 heteroatoms. The molecular formula is C23H16F3N5O. The Morgan fingerprint density at radius 3 is 2.41 bits per heavy atom. The molecule has 1 N–H and O–H groups in total. The number of nitrogens with zero attached hydrogens (tertiary/aromatic N) is 4. The SMILES string of the molecule is O=C(Cc1ccc(-c2ccnnc2)c(C(F)(F)F)c1)Nc1ccc(-c2ccccn2)cn1. The molecule has 0 unspecified atom stereocenters. The maximum atomic E-state index is 13.6. The number of halogens is 3. The fourth-order valence-electron chi connectivity index (χ4n) is 3.16. The van der Waals surface area contributed by atoms with E-state index < -0.39 is 17.6 Å². The lowest BCUT2D eigenvalue weighted by molar-refractivity contribution is -0.137. The third-order valence-corrected chi connectivity index (χ3v) is 4.64. The van der Waals surface area contributed by atoms with Crippen LogP contribution in [0.2, 0.25) is 0 Å². The Kier molecular flexibility index (Phi) is 5.89. The first-order valence-corrected chi connectivity index (χ1v) is 9.54. The molecule has 0 aliphatic rings. The fourth-order valence-corrected chi connectivity index (χ4v) is 3.16. The van der Waals surface area contributed by atoms with Crippen LogP contribution in [-0.4, -0.2) is 26.1 Å². The summed E-state index contributed by atoms with van der Waals surface area (Å²) < 4.78 is 40.9. The third-order valence-electron chi connectivity index (χ3n) is 4.64. The lowest BCUT2D eigenvalue weighted by Crippen LogP contribution is -2.16. The zero-order valence-electron chi connectivity index (χ0n) is 16.5. The molecule has 0 saturated heterocycles. The van der Waals surface area contributed by atoms with Crippen molar-refractivity contribution in [2.24, 2.45) is 0 Å². The highest BCUT2D eigenvalue weighted by atomic mass is 19.4. The molecule has 4 aromatic rings. The van der Waals surface area contributed by atoms with Gasteiger partial charge < -0.3 is 5.32 Å². The number of hydrogen-bond acceptors (Lipinski definition) is 5. The van der Waals surface area contributed by atoms with Crippen molar-refractivity contribution in [3.8, 4) is 22.4 Å². The predicted octanol–water partition coefficient (Wildman–Crippen LogP) is 4.80. The van der Waals surface area contributed by atoms with Crippen molar-refractivity contribution in [2.75, 3.05) is 5.32 Å². The summed E-state index contributed by atoms with van der Waals surface area (Å²) in [5, 5.41) is 9.83. The second kappa shape index (κ2) is 8.93. The number of carbonyl (C=O) groups excluding carboxylic acids is 1. The molecule has 0 aliphatic heterocycles. The van der Waals surface area contributed by atoms with E-state index in [2.05, 4.69) is 25.5 Å². The van der Waals surface area contributed by atoms with Gasteiger partial charge in [-0.1, -0.05) is 18.2 Å². The van der Waals surface area contributed by atoms with Crippen LogP contribution in [0, 0.1) is 0 Å². The van der Waals surface area contributed by atoms with Gasteiger partial charge in [0, 0.05) is 23.5 Å². The van der Waals surface area contributed by atoms with Gasteiger partial charge in [0.25, 0.3) is 0 Å². The Hall–Kier alpha value is -4.14. The maximum absolute atomic E-state index is 13.6. The molecule has 1 amide bonds. The van der Waals surface area contributed by atoms with Crippen LogP contribution in [0.4, 0.5) is 19.0 Å². The molecule has 0 radical (unpaired) electrons. The van der Waals surface area contributed by atoms with Crippen molar-refractivity contribution in [1.82, 2.24) is 20.2 Å². The first-order valence-electron chi connectivity index (χ1n) is 9.54. The van der Waals surface area contributed by atoms with E-state index in [4.69, 9.17) is 0 Å². The lowest BCUT2D eigenvalue weighted by Gasteiger charge is -2.14. The summed E-state index contributed by atoms with van der Waals surface area (Å²) in [6, 6.07) is 14.1. The number of hydrogen-bond donors (Lipinski definition) is 1. The van der Waals surface area contributed by atoms with E-state index in [1.807, 2.05) is 12.1 Å². The van der Waals surface area contributed by atoms with Gasteiger partial charge in [0.2, 0.25) is 5.91 Å². The van der Waals surface area contributed by atoms with Gasteiger partial charge in [-0.3, -0.25) is 9.78 Å². The average molecular weight is 435 g/mol. The summed E-state index contributed by atoms with van der Waals surface area (Å²) in [6.45, 7) is 0. The fraction of sp³-hybridized carbons (Fsp3) is 0.0870. The van der Waals surface area contributed by atoms with E-state index in [0.717, 1.165) is 17.3 Å². The number of nitrogens with one attached hydrogen (secondary N) is 1. The van der Waals surface area contributed by atoms with E-state index >= 15 is 0 Å². The second-order valence-corrected chi connectivity index (χ2v) is 6.88. The molecule has 0 bridgehead atoms. The van der Waals surface area contributed by atoms with Crippen LogP contribution in [0.3, 0.4) is 0 Å². The Morgan fingerprint density at radius 1 is 0.875 bits per heavy atom. The number of alkyl halides is 3. The first kappa shape index (κ1) is 21.1. The lowest BCUT2D eigenvalue weighted by atomic mass is 9.97. The highest BCUT2D eigenvalue weighted by Gasteiger charge is 2.34. The molecule has 3 heterocycles. The van der Waals surface area contributed by atoms with E-state index in [0.29, 0.717) is 11.4 Å². The van der Waals surface area contributed by atoms with Crippen molar-refractivity contribution in [2.45, 2.75) is 12.6 Å². The molecule has 6 nitrogen and oxygen atoms in total. The molecule has 0 saturated carbocycles. The van der Waals surface area contributed by atoms with Gasteiger partial charge in [-0.2, -0.15) is 23.4 Å². The van der Waals surface area contributed by atoms with Crippen LogP contribution in [-0.2, 0) is 17.4 Å². The number of aromatic nitrogens is 4. The van der Waals surface area contributed by atoms with Gasteiger partial charge >= 0.3 is 6.18 Å². The largest absolute Gasteiger partial charge is 0.417 e. The van der Waals surface area contributed by atoms with Crippen molar-refractivity contribution in [1.29, 1.82) is 0 Å². The van der Waals surface area contributed by atoms with Crippen LogP contribution >= 0.6 is 0 Å². The van der Waals surface area contributed by atoms with Crippen LogP contribution < -0.4 is 5.32 Å². The third kappa shape index (κ3) is 4.94. The molecule has 32 heavy (non-hydrogen) atoms. The Bertz CT molecular complexity index is 1210. The topological polar surface area (TPSA) is 80.7 Å². The van der Waals surface area contributed by atoms with Crippen molar-refractivity contribution < 1.29 is 18.0 Å². The molecule has 160 valence electrons.